The number of para-hydroxylation sites is 1. The Bertz CT molecular complexity index is 1090. The van der Waals surface area contributed by atoms with Crippen molar-refractivity contribution in [2.24, 2.45) is 0 Å². The fourth-order valence-corrected chi connectivity index (χ4v) is 4.14. The number of nitrogens with one attached hydrogen (secondary N) is 1. The Morgan fingerprint density at radius 2 is 1.93 bits per heavy atom. The molecule has 0 aliphatic carbocycles. The number of morpholine rings is 1. The third kappa shape index (κ3) is 3.28. The highest BCUT2D eigenvalue weighted by atomic mass is 19.3. The molecule has 1 fully saturated rings. The van der Waals surface area contributed by atoms with Gasteiger partial charge in [0, 0.05) is 47.9 Å². The Hall–Kier alpha value is -3.07. The van der Waals surface area contributed by atoms with Crippen LogP contribution in [0.5, 0.6) is 0 Å². The molecule has 0 bridgehead atoms. The van der Waals surface area contributed by atoms with E-state index in [1.807, 2.05) is 35.4 Å². The lowest BCUT2D eigenvalue weighted by molar-refractivity contribution is -0.143. The van der Waals surface area contributed by atoms with E-state index in [0.717, 1.165) is 27.7 Å². The predicted octanol–water partition coefficient (Wildman–Crippen LogP) is 2.61. The van der Waals surface area contributed by atoms with Crippen molar-refractivity contribution < 1.29 is 18.3 Å². The zero-order chi connectivity index (χ0) is 20.7. The third-order valence-electron chi connectivity index (χ3n) is 5.69. The fraction of sp³-hybridized carbons (Fsp3) is 0.381. The largest absolute Gasteiger partial charge is 0.378 e. The van der Waals surface area contributed by atoms with E-state index in [-0.39, 0.29) is 13.1 Å². The number of amides is 1. The number of ether oxygens (including phenoxy) is 1. The van der Waals surface area contributed by atoms with Gasteiger partial charge in [0.15, 0.2) is 0 Å². The molecule has 9 heteroatoms. The number of H-pyrrole nitrogens is 1. The number of carbonyl (C=O) groups is 1. The van der Waals surface area contributed by atoms with Crippen molar-refractivity contribution in [2.75, 3.05) is 37.7 Å². The van der Waals surface area contributed by atoms with Gasteiger partial charge < -0.3 is 19.5 Å². The lowest BCUT2D eigenvalue weighted by Crippen LogP contribution is -2.41. The number of benzene rings is 1. The average Bonchev–Trinajstić information content (AvgIpc) is 3.22. The molecular weight excluding hydrogens is 392 g/mol. The van der Waals surface area contributed by atoms with Gasteiger partial charge in [0.2, 0.25) is 5.95 Å². The van der Waals surface area contributed by atoms with Gasteiger partial charge in [-0.15, -0.1) is 0 Å². The average molecular weight is 413 g/mol. The van der Waals surface area contributed by atoms with E-state index in [1.165, 1.54) is 4.90 Å². The van der Waals surface area contributed by atoms with Crippen LogP contribution in [-0.2, 0) is 22.5 Å². The van der Waals surface area contributed by atoms with Crippen molar-refractivity contribution in [1.29, 1.82) is 0 Å². The van der Waals surface area contributed by atoms with E-state index in [0.29, 0.717) is 44.4 Å². The quantitative estimate of drug-likeness (QED) is 0.715. The number of anilines is 1. The van der Waals surface area contributed by atoms with Crippen LogP contribution >= 0.6 is 0 Å². The van der Waals surface area contributed by atoms with Gasteiger partial charge in [-0.1, -0.05) is 18.2 Å². The zero-order valence-electron chi connectivity index (χ0n) is 16.3. The molecule has 156 valence electrons. The molecular formula is C21H21F2N5O2. The smallest absolute Gasteiger partial charge is 0.315 e. The highest BCUT2D eigenvalue weighted by Gasteiger charge is 2.31. The van der Waals surface area contributed by atoms with E-state index in [1.54, 1.807) is 0 Å². The number of aromatic amines is 1. The van der Waals surface area contributed by atoms with E-state index in [9.17, 15) is 13.6 Å². The van der Waals surface area contributed by atoms with Gasteiger partial charge in [-0.25, -0.2) is 9.97 Å². The summed E-state index contributed by atoms with van der Waals surface area (Å²) >= 11 is 0. The Morgan fingerprint density at radius 1 is 1.13 bits per heavy atom. The minimum atomic E-state index is -3.01. The first-order valence-electron chi connectivity index (χ1n) is 9.97. The number of alkyl halides is 2. The molecule has 1 amide bonds. The maximum Gasteiger partial charge on any atom is 0.315 e. The summed E-state index contributed by atoms with van der Waals surface area (Å²) in [7, 11) is 0. The monoisotopic (exact) mass is 413 g/mol. The molecule has 30 heavy (non-hydrogen) atoms. The van der Waals surface area contributed by atoms with Gasteiger partial charge in [0.05, 0.1) is 31.1 Å². The van der Waals surface area contributed by atoms with Crippen molar-refractivity contribution in [2.45, 2.75) is 19.4 Å². The molecule has 0 saturated carbocycles. The molecule has 4 heterocycles. The van der Waals surface area contributed by atoms with Crippen LogP contribution in [0.1, 0.15) is 11.3 Å². The molecule has 0 spiro atoms. The molecule has 7 nitrogen and oxygen atoms in total. The molecule has 1 aromatic carbocycles. The van der Waals surface area contributed by atoms with Crippen LogP contribution in [0.25, 0.3) is 22.2 Å². The normalized spacial score (nSPS) is 16.9. The maximum absolute atomic E-state index is 13.0. The Balaban J connectivity index is 1.63. The van der Waals surface area contributed by atoms with Crippen molar-refractivity contribution in [1.82, 2.24) is 19.9 Å². The van der Waals surface area contributed by atoms with Crippen LogP contribution in [0.15, 0.2) is 30.5 Å². The van der Waals surface area contributed by atoms with E-state index < -0.39 is 12.3 Å². The molecule has 0 radical (unpaired) electrons. The Kier molecular flexibility index (Phi) is 4.82. The van der Waals surface area contributed by atoms with Crippen molar-refractivity contribution in [3.63, 3.8) is 0 Å². The number of fused-ring (bicyclic) bond motifs is 2. The number of nitrogens with zero attached hydrogens (tertiary/aromatic N) is 4. The van der Waals surface area contributed by atoms with Crippen LogP contribution in [0.4, 0.5) is 14.7 Å². The lowest BCUT2D eigenvalue weighted by Gasteiger charge is -2.32. The highest BCUT2D eigenvalue weighted by Crippen LogP contribution is 2.34. The van der Waals surface area contributed by atoms with Gasteiger partial charge in [-0.3, -0.25) is 4.79 Å². The number of hydrogen-bond donors (Lipinski definition) is 1. The summed E-state index contributed by atoms with van der Waals surface area (Å²) in [6, 6.07) is 7.96. The Morgan fingerprint density at radius 3 is 2.73 bits per heavy atom. The fourth-order valence-electron chi connectivity index (χ4n) is 4.14. The van der Waals surface area contributed by atoms with Gasteiger partial charge in [0.25, 0.3) is 5.91 Å². The third-order valence-corrected chi connectivity index (χ3v) is 5.69. The minimum Gasteiger partial charge on any atom is -0.378 e. The summed E-state index contributed by atoms with van der Waals surface area (Å²) in [6.45, 7) is 2.77. The zero-order valence-corrected chi connectivity index (χ0v) is 16.3. The summed E-state index contributed by atoms with van der Waals surface area (Å²) in [5.74, 6) is -0.607. The maximum atomic E-state index is 13.0. The van der Waals surface area contributed by atoms with Crippen LogP contribution in [0.3, 0.4) is 0 Å². The number of halogens is 2. The second kappa shape index (κ2) is 7.64. The van der Waals surface area contributed by atoms with Crippen molar-refractivity contribution in [3.8, 4) is 11.3 Å². The highest BCUT2D eigenvalue weighted by molar-refractivity contribution is 5.95. The number of carbonyl (C=O) groups excluding carboxylic acids is 1. The van der Waals surface area contributed by atoms with Gasteiger partial charge in [0.1, 0.15) is 0 Å². The molecule has 0 unspecified atom stereocenters. The lowest BCUT2D eigenvalue weighted by atomic mass is 9.98. The summed E-state index contributed by atoms with van der Waals surface area (Å²) in [4.78, 5) is 28.0. The van der Waals surface area contributed by atoms with Gasteiger partial charge in [-0.05, 0) is 12.5 Å². The summed E-state index contributed by atoms with van der Waals surface area (Å²) in [5.41, 5.74) is 4.29. The summed E-state index contributed by atoms with van der Waals surface area (Å²) in [6.07, 6.45) is -0.654. The van der Waals surface area contributed by atoms with Gasteiger partial charge in [-0.2, -0.15) is 8.78 Å². The second-order valence-corrected chi connectivity index (χ2v) is 7.46. The Labute approximate surface area is 171 Å². The summed E-state index contributed by atoms with van der Waals surface area (Å²) in [5, 5.41) is 1.04. The van der Waals surface area contributed by atoms with E-state index in [2.05, 4.69) is 9.97 Å². The summed E-state index contributed by atoms with van der Waals surface area (Å²) < 4.78 is 31.4. The molecule has 2 aliphatic heterocycles. The van der Waals surface area contributed by atoms with Gasteiger partial charge >= 0.3 is 6.43 Å². The van der Waals surface area contributed by atoms with Crippen molar-refractivity contribution in [3.05, 3.63) is 41.7 Å². The topological polar surface area (TPSA) is 74.3 Å². The van der Waals surface area contributed by atoms with Crippen molar-refractivity contribution >= 4 is 22.8 Å². The molecule has 1 N–H and O–H groups in total. The number of hydrogen-bond acceptors (Lipinski definition) is 5. The van der Waals surface area contributed by atoms with E-state index >= 15 is 0 Å². The molecule has 2 aromatic heterocycles. The standard InChI is InChI=1S/C21H21F2N5O2/c22-19(23)20(29)28-6-5-14-17(12-28)25-21(27-7-9-30-10-8-27)26-18(14)15-11-24-16-4-2-1-3-13(15)16/h1-4,11,19,24H,5-10,12H2. The number of rotatable bonds is 3. The molecule has 1 saturated heterocycles. The second-order valence-electron chi connectivity index (χ2n) is 7.46. The first-order valence-corrected chi connectivity index (χ1v) is 9.97. The van der Waals surface area contributed by atoms with Crippen LogP contribution in [-0.4, -0.2) is 65.0 Å². The number of aromatic nitrogens is 3. The molecule has 0 atom stereocenters. The first kappa shape index (κ1) is 18.9. The predicted molar refractivity (Wildman–Crippen MR) is 107 cm³/mol. The first-order chi connectivity index (χ1) is 14.6. The molecule has 5 rings (SSSR count). The molecule has 3 aromatic rings. The SMILES string of the molecule is O=C(C(F)F)N1CCc2c(nc(N3CCOCC3)nc2-c2c[nH]c3ccccc23)C1. The van der Waals surface area contributed by atoms with Crippen LogP contribution in [0.2, 0.25) is 0 Å². The van der Waals surface area contributed by atoms with Crippen LogP contribution in [0, 0.1) is 0 Å². The van der Waals surface area contributed by atoms with Crippen LogP contribution < -0.4 is 4.90 Å². The molecule has 2 aliphatic rings. The van der Waals surface area contributed by atoms with E-state index in [4.69, 9.17) is 9.72 Å². The minimum absolute atomic E-state index is 0.0632.